The van der Waals surface area contributed by atoms with Crippen molar-refractivity contribution in [1.29, 1.82) is 0 Å². The molecule has 1 atom stereocenters. The molecule has 1 saturated heterocycles. The van der Waals surface area contributed by atoms with Crippen molar-refractivity contribution in [3.8, 4) is 0 Å². The normalized spacial score (nSPS) is 16.8. The quantitative estimate of drug-likeness (QED) is 0.844. The zero-order valence-corrected chi connectivity index (χ0v) is 14.1. The van der Waals surface area contributed by atoms with Crippen molar-refractivity contribution in [3.63, 3.8) is 0 Å². The summed E-state index contributed by atoms with van der Waals surface area (Å²) >= 11 is 0. The van der Waals surface area contributed by atoms with E-state index < -0.39 is 35.0 Å². The van der Waals surface area contributed by atoms with Crippen LogP contribution in [0.25, 0.3) is 0 Å². The largest absolute Gasteiger partial charge is 0.323 e. The van der Waals surface area contributed by atoms with E-state index in [1.165, 1.54) is 4.90 Å². The Kier molecular flexibility index (Phi) is 4.97. The van der Waals surface area contributed by atoms with Gasteiger partial charge in [-0.25, -0.2) is 13.2 Å². The van der Waals surface area contributed by atoms with Crippen molar-refractivity contribution in [2.75, 3.05) is 16.8 Å². The molecule has 0 spiro atoms. The van der Waals surface area contributed by atoms with Crippen LogP contribution in [0.2, 0.25) is 0 Å². The third kappa shape index (κ3) is 3.42. The van der Waals surface area contributed by atoms with Gasteiger partial charge in [-0.3, -0.25) is 9.59 Å². The van der Waals surface area contributed by atoms with E-state index in [2.05, 4.69) is 5.32 Å². The zero-order valence-electron chi connectivity index (χ0n) is 14.1. The summed E-state index contributed by atoms with van der Waals surface area (Å²) in [5, 5.41) is 2.23. The second-order valence-electron chi connectivity index (χ2n) is 6.14. The molecule has 7 heteroatoms. The van der Waals surface area contributed by atoms with Crippen LogP contribution in [0.4, 0.5) is 24.5 Å². The van der Waals surface area contributed by atoms with Crippen LogP contribution in [0.3, 0.4) is 0 Å². The van der Waals surface area contributed by atoms with Crippen molar-refractivity contribution in [2.24, 2.45) is 5.92 Å². The molecule has 0 saturated carbocycles. The Bertz CT molecular complexity index is 853. The Morgan fingerprint density at radius 1 is 1.12 bits per heavy atom. The van der Waals surface area contributed by atoms with Gasteiger partial charge >= 0.3 is 0 Å². The van der Waals surface area contributed by atoms with Crippen LogP contribution in [0, 0.1) is 23.4 Å². The first-order valence-electron chi connectivity index (χ1n) is 8.24. The molecule has 2 amide bonds. The molecule has 0 bridgehead atoms. The summed E-state index contributed by atoms with van der Waals surface area (Å²) < 4.78 is 39.9. The Balaban J connectivity index is 1.71. The SMILES string of the molecule is CCc1ccc(N2CC(C(=O)Nc3ccc(F)c(F)c3F)CC2=O)cc1. The molecule has 1 heterocycles. The van der Waals surface area contributed by atoms with Gasteiger partial charge in [0.05, 0.1) is 11.6 Å². The minimum Gasteiger partial charge on any atom is -0.323 e. The van der Waals surface area contributed by atoms with Crippen LogP contribution in [0.1, 0.15) is 18.9 Å². The van der Waals surface area contributed by atoms with Gasteiger partial charge < -0.3 is 10.2 Å². The third-order valence-corrected chi connectivity index (χ3v) is 4.45. The van der Waals surface area contributed by atoms with E-state index in [9.17, 15) is 22.8 Å². The number of carbonyl (C=O) groups excluding carboxylic acids is 2. The fourth-order valence-electron chi connectivity index (χ4n) is 2.90. The first-order valence-corrected chi connectivity index (χ1v) is 8.24. The Labute approximate surface area is 148 Å². The molecule has 2 aromatic carbocycles. The van der Waals surface area contributed by atoms with Crippen molar-refractivity contribution in [1.82, 2.24) is 0 Å². The maximum Gasteiger partial charge on any atom is 0.229 e. The number of hydrogen-bond acceptors (Lipinski definition) is 2. The van der Waals surface area contributed by atoms with Crippen molar-refractivity contribution < 1.29 is 22.8 Å². The van der Waals surface area contributed by atoms with Crippen LogP contribution in [0.15, 0.2) is 36.4 Å². The second kappa shape index (κ2) is 7.19. The highest BCUT2D eigenvalue weighted by Gasteiger charge is 2.35. The highest BCUT2D eigenvalue weighted by atomic mass is 19.2. The maximum atomic E-state index is 13.7. The molecule has 0 aliphatic carbocycles. The van der Waals surface area contributed by atoms with Gasteiger partial charge in [0, 0.05) is 18.7 Å². The summed E-state index contributed by atoms with van der Waals surface area (Å²) in [4.78, 5) is 26.0. The molecule has 3 rings (SSSR count). The van der Waals surface area contributed by atoms with Gasteiger partial charge in [0.1, 0.15) is 0 Å². The molecule has 1 aliphatic rings. The number of halogens is 3. The average molecular weight is 362 g/mol. The lowest BCUT2D eigenvalue weighted by Gasteiger charge is -2.17. The topological polar surface area (TPSA) is 49.4 Å². The number of nitrogens with one attached hydrogen (secondary N) is 1. The first-order chi connectivity index (χ1) is 12.4. The predicted octanol–water partition coefficient (Wildman–Crippen LogP) is 3.66. The molecule has 26 heavy (non-hydrogen) atoms. The molecule has 1 N–H and O–H groups in total. The zero-order chi connectivity index (χ0) is 18.8. The summed E-state index contributed by atoms with van der Waals surface area (Å²) in [6, 6.07) is 9.12. The van der Waals surface area contributed by atoms with Crippen molar-refractivity contribution in [3.05, 3.63) is 59.4 Å². The molecular formula is C19H17F3N2O2. The highest BCUT2D eigenvalue weighted by Crippen LogP contribution is 2.27. The molecule has 1 aliphatic heterocycles. The van der Waals surface area contributed by atoms with Gasteiger partial charge in [-0.2, -0.15) is 0 Å². The molecule has 4 nitrogen and oxygen atoms in total. The smallest absolute Gasteiger partial charge is 0.229 e. The van der Waals surface area contributed by atoms with Crippen LogP contribution < -0.4 is 10.2 Å². The van der Waals surface area contributed by atoms with Crippen LogP contribution in [-0.2, 0) is 16.0 Å². The summed E-state index contributed by atoms with van der Waals surface area (Å²) in [6.07, 6.45) is 0.839. The lowest BCUT2D eigenvalue weighted by atomic mass is 10.1. The Hall–Kier alpha value is -2.83. The number of amides is 2. The van der Waals surface area contributed by atoms with Crippen molar-refractivity contribution >= 4 is 23.2 Å². The van der Waals surface area contributed by atoms with Crippen LogP contribution in [0.5, 0.6) is 0 Å². The van der Waals surface area contributed by atoms with E-state index in [4.69, 9.17) is 0 Å². The van der Waals surface area contributed by atoms with E-state index in [1.54, 1.807) is 0 Å². The lowest BCUT2D eigenvalue weighted by Crippen LogP contribution is -2.28. The number of rotatable bonds is 4. The Morgan fingerprint density at radius 3 is 2.46 bits per heavy atom. The van der Waals surface area contributed by atoms with Gasteiger partial charge in [0.15, 0.2) is 17.5 Å². The van der Waals surface area contributed by atoms with E-state index in [1.807, 2.05) is 31.2 Å². The molecule has 136 valence electrons. The molecule has 0 aromatic heterocycles. The van der Waals surface area contributed by atoms with Gasteiger partial charge in [-0.15, -0.1) is 0 Å². The minimum atomic E-state index is -1.65. The van der Waals surface area contributed by atoms with E-state index in [-0.39, 0.29) is 18.9 Å². The average Bonchev–Trinajstić information content (AvgIpc) is 3.04. The first kappa shape index (κ1) is 18.0. The summed E-state index contributed by atoms with van der Waals surface area (Å²) in [5.41, 5.74) is 1.36. The molecule has 1 unspecified atom stereocenters. The monoisotopic (exact) mass is 362 g/mol. The minimum absolute atomic E-state index is 0.0351. The summed E-state index contributed by atoms with van der Waals surface area (Å²) in [5.74, 6) is -5.99. The Morgan fingerprint density at radius 2 is 1.81 bits per heavy atom. The van der Waals surface area contributed by atoms with Gasteiger partial charge in [0.25, 0.3) is 0 Å². The van der Waals surface area contributed by atoms with E-state index in [0.29, 0.717) is 5.69 Å². The second-order valence-corrected chi connectivity index (χ2v) is 6.14. The maximum absolute atomic E-state index is 13.7. The fourth-order valence-corrected chi connectivity index (χ4v) is 2.90. The van der Waals surface area contributed by atoms with Gasteiger partial charge in [-0.05, 0) is 36.2 Å². The number of aryl methyl sites for hydroxylation is 1. The number of hydrogen-bond donors (Lipinski definition) is 1. The van der Waals surface area contributed by atoms with Crippen LogP contribution >= 0.6 is 0 Å². The standard InChI is InChI=1S/C19H17F3N2O2/c1-2-11-3-5-13(6-4-11)24-10-12(9-16(24)25)19(26)23-15-8-7-14(20)17(21)18(15)22/h3-8,12H,2,9-10H2,1H3,(H,23,26). The predicted molar refractivity (Wildman–Crippen MR) is 91.2 cm³/mol. The van der Waals surface area contributed by atoms with E-state index in [0.717, 1.165) is 24.1 Å². The molecule has 2 aromatic rings. The highest BCUT2D eigenvalue weighted by molar-refractivity contribution is 6.03. The number of benzene rings is 2. The van der Waals surface area contributed by atoms with Crippen LogP contribution in [-0.4, -0.2) is 18.4 Å². The number of nitrogens with zero attached hydrogens (tertiary/aromatic N) is 1. The number of carbonyl (C=O) groups is 2. The van der Waals surface area contributed by atoms with Gasteiger partial charge in [-0.1, -0.05) is 19.1 Å². The molecule has 1 fully saturated rings. The lowest BCUT2D eigenvalue weighted by molar-refractivity contribution is -0.122. The summed E-state index contributed by atoms with van der Waals surface area (Å²) in [7, 11) is 0. The fraction of sp³-hybridized carbons (Fsp3) is 0.263. The number of anilines is 2. The van der Waals surface area contributed by atoms with Gasteiger partial charge in [0.2, 0.25) is 11.8 Å². The molecular weight excluding hydrogens is 345 g/mol. The third-order valence-electron chi connectivity index (χ3n) is 4.45. The van der Waals surface area contributed by atoms with E-state index >= 15 is 0 Å². The molecule has 0 radical (unpaired) electrons. The van der Waals surface area contributed by atoms with Crippen molar-refractivity contribution in [2.45, 2.75) is 19.8 Å². The summed E-state index contributed by atoms with van der Waals surface area (Å²) in [6.45, 7) is 2.16.